The molecule has 1 fully saturated rings. The fraction of sp³-hybridized carbons (Fsp3) is 0.300. The molecule has 4 heteroatoms. The Labute approximate surface area is 141 Å². The van der Waals surface area contributed by atoms with Crippen LogP contribution in [0.2, 0.25) is 0 Å². The second-order valence-corrected chi connectivity index (χ2v) is 6.11. The fourth-order valence-electron chi connectivity index (χ4n) is 3.11. The normalized spacial score (nSPS) is 14.4. The average Bonchev–Trinajstić information content (AvgIpc) is 2.63. The van der Waals surface area contributed by atoms with Crippen LogP contribution in [0, 0.1) is 0 Å². The number of aromatic hydroxyl groups is 1. The zero-order chi connectivity index (χ0) is 16.9. The molecular formula is C20H21NO3. The highest BCUT2D eigenvalue weighted by molar-refractivity contribution is 6.09. The Morgan fingerprint density at radius 3 is 2.33 bits per heavy atom. The van der Waals surface area contributed by atoms with Crippen molar-refractivity contribution in [3.05, 3.63) is 54.1 Å². The van der Waals surface area contributed by atoms with Gasteiger partial charge in [-0.15, -0.1) is 0 Å². The van der Waals surface area contributed by atoms with E-state index in [0.29, 0.717) is 5.56 Å². The van der Waals surface area contributed by atoms with E-state index < -0.39 is 0 Å². The third kappa shape index (κ3) is 3.48. The first-order valence-corrected chi connectivity index (χ1v) is 8.35. The van der Waals surface area contributed by atoms with Gasteiger partial charge in [-0.3, -0.25) is 9.59 Å². The van der Waals surface area contributed by atoms with E-state index in [-0.39, 0.29) is 29.4 Å². The van der Waals surface area contributed by atoms with Crippen molar-refractivity contribution in [3.8, 4) is 16.9 Å². The summed E-state index contributed by atoms with van der Waals surface area (Å²) in [4.78, 5) is 26.5. The number of para-hydroxylation sites is 1. The van der Waals surface area contributed by atoms with Crippen LogP contribution in [0.5, 0.6) is 5.75 Å². The summed E-state index contributed by atoms with van der Waals surface area (Å²) in [6.45, 7) is 1.45. The van der Waals surface area contributed by atoms with E-state index in [1.807, 2.05) is 30.3 Å². The molecule has 124 valence electrons. The minimum absolute atomic E-state index is 0.0554. The van der Waals surface area contributed by atoms with Gasteiger partial charge in [0.2, 0.25) is 5.91 Å². The van der Waals surface area contributed by atoms with Gasteiger partial charge in [-0.05, 0) is 30.9 Å². The van der Waals surface area contributed by atoms with E-state index in [1.165, 1.54) is 0 Å². The van der Waals surface area contributed by atoms with Crippen molar-refractivity contribution in [2.45, 2.75) is 25.7 Å². The molecule has 2 aromatic carbocycles. The van der Waals surface area contributed by atoms with Gasteiger partial charge in [-0.25, -0.2) is 0 Å². The first-order valence-electron chi connectivity index (χ1n) is 8.35. The number of Topliss-reactive ketones (excluding diaryl/α,β-unsaturated/α-hetero) is 1. The van der Waals surface area contributed by atoms with Gasteiger partial charge < -0.3 is 10.0 Å². The second kappa shape index (κ2) is 7.30. The van der Waals surface area contributed by atoms with Crippen LogP contribution < -0.4 is 0 Å². The molecule has 0 aliphatic carbocycles. The predicted octanol–water partition coefficient (Wildman–Crippen LogP) is 3.64. The quantitative estimate of drug-likeness (QED) is 0.690. The lowest BCUT2D eigenvalue weighted by molar-refractivity contribution is -0.131. The van der Waals surface area contributed by atoms with Crippen LogP contribution in [0.25, 0.3) is 11.1 Å². The number of hydrogen-bond donors (Lipinski definition) is 1. The van der Waals surface area contributed by atoms with Crippen LogP contribution in [-0.2, 0) is 4.79 Å². The Hall–Kier alpha value is -2.62. The number of nitrogens with zero attached hydrogens (tertiary/aromatic N) is 1. The summed E-state index contributed by atoms with van der Waals surface area (Å²) >= 11 is 0. The molecule has 1 heterocycles. The number of benzene rings is 2. The van der Waals surface area contributed by atoms with E-state index in [9.17, 15) is 14.7 Å². The smallest absolute Gasteiger partial charge is 0.230 e. The van der Waals surface area contributed by atoms with Crippen LogP contribution >= 0.6 is 0 Å². The van der Waals surface area contributed by atoms with Crippen molar-refractivity contribution in [1.82, 2.24) is 4.90 Å². The second-order valence-electron chi connectivity index (χ2n) is 6.11. The van der Waals surface area contributed by atoms with E-state index >= 15 is 0 Å². The largest absolute Gasteiger partial charge is 0.507 e. The van der Waals surface area contributed by atoms with Crippen molar-refractivity contribution in [2.24, 2.45) is 0 Å². The van der Waals surface area contributed by atoms with Crippen LogP contribution in [0.15, 0.2) is 48.5 Å². The van der Waals surface area contributed by atoms with E-state index in [1.54, 1.807) is 23.1 Å². The number of piperidine rings is 1. The number of amides is 1. The first kappa shape index (κ1) is 16.2. The maximum atomic E-state index is 12.5. The molecule has 0 bridgehead atoms. The molecule has 0 spiro atoms. The molecule has 0 atom stereocenters. The highest BCUT2D eigenvalue weighted by Gasteiger charge is 2.22. The Kier molecular flexibility index (Phi) is 4.94. The van der Waals surface area contributed by atoms with Crippen LogP contribution in [0.1, 0.15) is 36.0 Å². The summed E-state index contributed by atoms with van der Waals surface area (Å²) in [5, 5.41) is 10.5. The van der Waals surface area contributed by atoms with Crippen LogP contribution in [-0.4, -0.2) is 34.8 Å². The van der Waals surface area contributed by atoms with Crippen molar-refractivity contribution in [1.29, 1.82) is 0 Å². The minimum atomic E-state index is -0.333. The summed E-state index contributed by atoms with van der Waals surface area (Å²) in [5.74, 6) is -0.537. The van der Waals surface area contributed by atoms with E-state index in [2.05, 4.69) is 0 Å². The number of ketones is 1. The number of phenols is 1. The predicted molar refractivity (Wildman–Crippen MR) is 92.9 cm³/mol. The third-order valence-electron chi connectivity index (χ3n) is 4.44. The monoisotopic (exact) mass is 323 g/mol. The van der Waals surface area contributed by atoms with Gasteiger partial charge in [-0.1, -0.05) is 42.5 Å². The summed E-state index contributed by atoms with van der Waals surface area (Å²) in [6, 6.07) is 14.5. The van der Waals surface area contributed by atoms with Crippen molar-refractivity contribution < 1.29 is 14.7 Å². The number of likely N-dealkylation sites (tertiary alicyclic amines) is 1. The Morgan fingerprint density at radius 1 is 0.917 bits per heavy atom. The molecule has 1 aliphatic rings. The number of carbonyl (C=O) groups is 2. The number of phenolic OH excluding ortho intramolecular Hbond substituents is 1. The summed E-state index contributed by atoms with van der Waals surface area (Å²) in [5.41, 5.74) is 1.65. The number of carbonyl (C=O) groups excluding carboxylic acids is 2. The molecule has 0 saturated carbocycles. The highest BCUT2D eigenvalue weighted by atomic mass is 16.3. The molecule has 3 rings (SSSR count). The van der Waals surface area contributed by atoms with Gasteiger partial charge in [0, 0.05) is 18.7 Å². The molecule has 0 unspecified atom stereocenters. The van der Waals surface area contributed by atoms with Gasteiger partial charge in [0.1, 0.15) is 5.75 Å². The fourth-order valence-corrected chi connectivity index (χ4v) is 3.11. The zero-order valence-corrected chi connectivity index (χ0v) is 13.6. The van der Waals surface area contributed by atoms with Gasteiger partial charge in [-0.2, -0.15) is 0 Å². The van der Waals surface area contributed by atoms with Gasteiger partial charge in [0.15, 0.2) is 5.78 Å². The molecule has 24 heavy (non-hydrogen) atoms. The summed E-state index contributed by atoms with van der Waals surface area (Å²) in [6.07, 6.45) is 2.94. The molecule has 1 amide bonds. The summed E-state index contributed by atoms with van der Waals surface area (Å²) in [7, 11) is 0. The maximum absolute atomic E-state index is 12.5. The minimum Gasteiger partial charge on any atom is -0.507 e. The SMILES string of the molecule is O=C(CC(=O)N1CCCCC1)c1cccc(-c2ccccc2)c1O. The van der Waals surface area contributed by atoms with E-state index in [0.717, 1.165) is 37.9 Å². The first-order chi connectivity index (χ1) is 11.7. The molecule has 1 saturated heterocycles. The third-order valence-corrected chi connectivity index (χ3v) is 4.44. The van der Waals surface area contributed by atoms with E-state index in [4.69, 9.17) is 0 Å². The molecule has 0 radical (unpaired) electrons. The molecule has 1 aliphatic heterocycles. The topological polar surface area (TPSA) is 57.6 Å². The van der Waals surface area contributed by atoms with Crippen molar-refractivity contribution in [3.63, 3.8) is 0 Å². The molecular weight excluding hydrogens is 302 g/mol. The standard InChI is InChI=1S/C20H21NO3/c22-18(14-19(23)21-12-5-2-6-13-21)17-11-7-10-16(20(17)24)15-8-3-1-4-9-15/h1,3-4,7-11,24H,2,5-6,12-14H2. The van der Waals surface area contributed by atoms with Gasteiger partial charge >= 0.3 is 0 Å². The number of hydrogen-bond acceptors (Lipinski definition) is 3. The molecule has 0 aromatic heterocycles. The Balaban J connectivity index is 1.79. The van der Waals surface area contributed by atoms with Crippen LogP contribution in [0.3, 0.4) is 0 Å². The summed E-state index contributed by atoms with van der Waals surface area (Å²) < 4.78 is 0. The lowest BCUT2D eigenvalue weighted by Crippen LogP contribution is -2.36. The lowest BCUT2D eigenvalue weighted by Gasteiger charge is -2.26. The number of rotatable bonds is 4. The van der Waals surface area contributed by atoms with Gasteiger partial charge in [0.05, 0.1) is 12.0 Å². The molecule has 4 nitrogen and oxygen atoms in total. The molecule has 1 N–H and O–H groups in total. The van der Waals surface area contributed by atoms with Gasteiger partial charge in [0.25, 0.3) is 0 Å². The highest BCUT2D eigenvalue weighted by Crippen LogP contribution is 2.32. The maximum Gasteiger partial charge on any atom is 0.230 e. The Bertz CT molecular complexity index is 734. The van der Waals surface area contributed by atoms with Crippen molar-refractivity contribution in [2.75, 3.05) is 13.1 Å². The Morgan fingerprint density at radius 2 is 1.62 bits per heavy atom. The zero-order valence-electron chi connectivity index (χ0n) is 13.6. The van der Waals surface area contributed by atoms with Crippen molar-refractivity contribution >= 4 is 11.7 Å². The average molecular weight is 323 g/mol. The molecule has 2 aromatic rings. The lowest BCUT2D eigenvalue weighted by atomic mass is 9.98. The van der Waals surface area contributed by atoms with Crippen LogP contribution in [0.4, 0.5) is 0 Å².